The minimum atomic E-state index is 0. The van der Waals surface area contributed by atoms with Crippen LogP contribution in [0.15, 0.2) is 73.2 Å². The van der Waals surface area contributed by atoms with Crippen molar-refractivity contribution in [3.8, 4) is 28.4 Å². The Hall–Kier alpha value is -3.27. The molecule has 0 spiro atoms. The van der Waals surface area contributed by atoms with Crippen LogP contribution in [0.1, 0.15) is 61.9 Å². The van der Waals surface area contributed by atoms with Gasteiger partial charge >= 0.3 is 0 Å². The number of aromatic hydroxyl groups is 1. The molecule has 0 atom stereocenters. The summed E-state index contributed by atoms with van der Waals surface area (Å²) in [6.45, 7) is 15.1. The number of hydrogen-bond donors (Lipinski definition) is 1. The normalized spacial score (nSPS) is 10.9. The van der Waals surface area contributed by atoms with Gasteiger partial charge in [-0.25, -0.2) is 4.98 Å². The fourth-order valence-corrected chi connectivity index (χ4v) is 4.89. The van der Waals surface area contributed by atoms with E-state index in [9.17, 15) is 5.11 Å². The average Bonchev–Trinajstić information content (AvgIpc) is 3.34. The molecule has 4 nitrogen and oxygen atoms in total. The summed E-state index contributed by atoms with van der Waals surface area (Å²) < 4.78 is 2.04. The maximum Gasteiger partial charge on any atom is 0.143 e. The Balaban J connectivity index is 0.000000220. The zero-order chi connectivity index (χ0) is 26.7. The zero-order valence-electron chi connectivity index (χ0n) is 23.2. The third kappa shape index (κ3) is 6.23. The Morgan fingerprint density at radius 2 is 1.58 bits per heavy atom. The topological polar surface area (TPSA) is 50.9 Å². The van der Waals surface area contributed by atoms with Gasteiger partial charge < -0.3 is 14.7 Å². The number of para-hydroxylation sites is 1. The van der Waals surface area contributed by atoms with Crippen molar-refractivity contribution in [2.75, 3.05) is 0 Å². The van der Waals surface area contributed by atoms with Crippen LogP contribution in [0.5, 0.6) is 5.75 Å². The van der Waals surface area contributed by atoms with Crippen molar-refractivity contribution in [3.63, 3.8) is 0 Å². The van der Waals surface area contributed by atoms with Crippen molar-refractivity contribution in [1.29, 1.82) is 0 Å². The molecule has 38 heavy (non-hydrogen) atoms. The van der Waals surface area contributed by atoms with Crippen molar-refractivity contribution in [3.05, 3.63) is 102 Å². The molecule has 2 aromatic heterocycles. The van der Waals surface area contributed by atoms with Gasteiger partial charge in [-0.15, -0.1) is 34.9 Å². The van der Waals surface area contributed by atoms with E-state index in [0.717, 1.165) is 28.2 Å². The molecule has 1 radical (unpaired) electrons. The van der Waals surface area contributed by atoms with E-state index in [1.165, 1.54) is 27.5 Å². The number of aryl methyl sites for hydroxylation is 3. The van der Waals surface area contributed by atoms with Crippen molar-refractivity contribution >= 4 is 10.8 Å². The Morgan fingerprint density at radius 3 is 2.24 bits per heavy atom. The van der Waals surface area contributed by atoms with Crippen LogP contribution in [0.4, 0.5) is 0 Å². The van der Waals surface area contributed by atoms with Gasteiger partial charge in [0.25, 0.3) is 0 Å². The predicted molar refractivity (Wildman–Crippen MR) is 154 cm³/mol. The number of imidazole rings is 1. The molecule has 0 saturated carbocycles. The number of rotatable bonds is 4. The third-order valence-electron chi connectivity index (χ3n) is 6.65. The SMILES string of the molecule is CC(C)n1ccnc1-c1ccccc1O.Cc1[c-]c(-c2nccc3c(C)c(C(C)C)ccc23)cc(C)c1.[Ir]. The number of phenols is 1. The Labute approximate surface area is 240 Å². The van der Waals surface area contributed by atoms with Gasteiger partial charge in [0, 0.05) is 44.7 Å². The van der Waals surface area contributed by atoms with Gasteiger partial charge in [0.1, 0.15) is 11.6 Å². The molecular formula is C33H36IrN3O-. The molecule has 2 heterocycles. The molecule has 0 fully saturated rings. The number of pyridine rings is 1. The molecule has 5 heteroatoms. The summed E-state index contributed by atoms with van der Waals surface area (Å²) in [7, 11) is 0. The van der Waals surface area contributed by atoms with E-state index in [-0.39, 0.29) is 25.9 Å². The summed E-state index contributed by atoms with van der Waals surface area (Å²) in [4.78, 5) is 8.92. The first kappa shape index (κ1) is 29.3. The van der Waals surface area contributed by atoms with Crippen LogP contribution in [0.2, 0.25) is 0 Å². The van der Waals surface area contributed by atoms with Gasteiger partial charge in [-0.1, -0.05) is 52.0 Å². The van der Waals surface area contributed by atoms with Crippen LogP contribution in [0, 0.1) is 26.8 Å². The van der Waals surface area contributed by atoms with Gasteiger partial charge in [0.15, 0.2) is 0 Å². The molecule has 199 valence electrons. The Morgan fingerprint density at radius 1 is 0.842 bits per heavy atom. The summed E-state index contributed by atoms with van der Waals surface area (Å²) in [5.74, 6) is 1.61. The molecule has 0 bridgehead atoms. The van der Waals surface area contributed by atoms with E-state index in [1.54, 1.807) is 12.3 Å². The van der Waals surface area contributed by atoms with E-state index in [4.69, 9.17) is 0 Å². The summed E-state index contributed by atoms with van der Waals surface area (Å²) in [6, 6.07) is 21.9. The first-order valence-electron chi connectivity index (χ1n) is 12.9. The molecule has 1 N–H and O–H groups in total. The van der Waals surface area contributed by atoms with E-state index < -0.39 is 0 Å². The van der Waals surface area contributed by atoms with Crippen LogP contribution in [0.3, 0.4) is 0 Å². The maximum atomic E-state index is 9.74. The second kappa shape index (κ2) is 12.5. The molecule has 0 amide bonds. The molecule has 0 aliphatic heterocycles. The maximum absolute atomic E-state index is 9.74. The molecule has 3 aromatic carbocycles. The van der Waals surface area contributed by atoms with Gasteiger partial charge in [-0.2, -0.15) is 0 Å². The van der Waals surface area contributed by atoms with Crippen LogP contribution < -0.4 is 0 Å². The number of aromatic nitrogens is 3. The summed E-state index contributed by atoms with van der Waals surface area (Å²) in [6.07, 6.45) is 5.59. The molecule has 0 saturated heterocycles. The minimum absolute atomic E-state index is 0. The fourth-order valence-electron chi connectivity index (χ4n) is 4.89. The van der Waals surface area contributed by atoms with Crippen LogP contribution in [-0.2, 0) is 20.1 Å². The number of fused-ring (bicyclic) bond motifs is 1. The predicted octanol–water partition coefficient (Wildman–Crippen LogP) is 8.58. The van der Waals surface area contributed by atoms with Crippen molar-refractivity contribution in [2.24, 2.45) is 0 Å². The number of benzene rings is 3. The Kier molecular flexibility index (Phi) is 9.65. The average molecular weight is 683 g/mol. The van der Waals surface area contributed by atoms with Crippen molar-refractivity contribution in [2.45, 2.75) is 60.4 Å². The summed E-state index contributed by atoms with van der Waals surface area (Å²) in [5, 5.41) is 12.2. The fraction of sp³-hybridized carbons (Fsp3) is 0.273. The molecule has 0 unspecified atom stereocenters. The van der Waals surface area contributed by atoms with E-state index in [2.05, 4.69) is 94.8 Å². The monoisotopic (exact) mass is 683 g/mol. The largest absolute Gasteiger partial charge is 0.507 e. The van der Waals surface area contributed by atoms with Gasteiger partial charge in [0.05, 0.1) is 5.56 Å². The van der Waals surface area contributed by atoms with Gasteiger partial charge in [-0.3, -0.25) is 0 Å². The quantitative estimate of drug-likeness (QED) is 0.193. The molecular weight excluding hydrogens is 647 g/mol. The van der Waals surface area contributed by atoms with Crippen LogP contribution in [-0.4, -0.2) is 19.6 Å². The number of phenolic OH excluding ortho intramolecular Hbond substituents is 1. The molecule has 5 aromatic rings. The second-order valence-electron chi connectivity index (χ2n) is 10.2. The van der Waals surface area contributed by atoms with Crippen LogP contribution >= 0.6 is 0 Å². The first-order chi connectivity index (χ1) is 17.7. The van der Waals surface area contributed by atoms with Gasteiger partial charge in [-0.05, 0) is 72.5 Å². The van der Waals surface area contributed by atoms with E-state index >= 15 is 0 Å². The zero-order valence-corrected chi connectivity index (χ0v) is 25.6. The first-order valence-corrected chi connectivity index (χ1v) is 12.9. The smallest absolute Gasteiger partial charge is 0.143 e. The summed E-state index contributed by atoms with van der Waals surface area (Å²) >= 11 is 0. The van der Waals surface area contributed by atoms with E-state index in [1.807, 2.05) is 35.2 Å². The van der Waals surface area contributed by atoms with Crippen LogP contribution in [0.25, 0.3) is 33.4 Å². The second-order valence-corrected chi connectivity index (χ2v) is 10.2. The standard InChI is InChI=1S/C21H22N.C12H14N2O.Ir/c1-13(2)18-6-7-20-19(16(18)5)8-9-22-21(20)17-11-14(3)10-15(4)12-17;1-9(2)14-8-7-13-12(14)10-5-3-4-6-11(10)15;/h6-11,13H,1-5H3;3-9,15H,1-2H3;/q-1;;. The number of nitrogens with zero attached hydrogens (tertiary/aromatic N) is 3. The van der Waals surface area contributed by atoms with Gasteiger partial charge in [0.2, 0.25) is 0 Å². The Bertz CT molecular complexity index is 1510. The molecule has 0 aliphatic carbocycles. The minimum Gasteiger partial charge on any atom is -0.507 e. The van der Waals surface area contributed by atoms with Crippen molar-refractivity contribution in [1.82, 2.24) is 14.5 Å². The number of hydrogen-bond acceptors (Lipinski definition) is 3. The van der Waals surface area contributed by atoms with Crippen molar-refractivity contribution < 1.29 is 25.2 Å². The molecule has 5 rings (SSSR count). The third-order valence-corrected chi connectivity index (χ3v) is 6.65. The van der Waals surface area contributed by atoms with E-state index in [0.29, 0.717) is 12.0 Å². The summed E-state index contributed by atoms with van der Waals surface area (Å²) in [5.41, 5.74) is 8.07. The molecule has 0 aliphatic rings.